The third-order valence-electron chi connectivity index (χ3n) is 5.38. The zero-order chi connectivity index (χ0) is 20.6. The SMILES string of the molecule is COc1ccc(NC(=O)[C@@H](C)N2CCC(OCc3ccccc3)CC2)cc1OC. The summed E-state index contributed by atoms with van der Waals surface area (Å²) in [7, 11) is 3.17. The molecule has 0 aliphatic carbocycles. The van der Waals surface area contributed by atoms with Crippen LogP contribution in [0, 0.1) is 0 Å². The highest BCUT2D eigenvalue weighted by molar-refractivity contribution is 5.94. The summed E-state index contributed by atoms with van der Waals surface area (Å²) >= 11 is 0. The van der Waals surface area contributed by atoms with Crippen molar-refractivity contribution in [2.75, 3.05) is 32.6 Å². The van der Waals surface area contributed by atoms with Gasteiger partial charge in [-0.1, -0.05) is 30.3 Å². The van der Waals surface area contributed by atoms with Crippen molar-refractivity contribution in [2.24, 2.45) is 0 Å². The molecule has 1 aliphatic heterocycles. The van der Waals surface area contributed by atoms with E-state index in [4.69, 9.17) is 14.2 Å². The molecule has 0 bridgehead atoms. The van der Waals surface area contributed by atoms with E-state index in [1.165, 1.54) is 5.56 Å². The van der Waals surface area contributed by atoms with Gasteiger partial charge < -0.3 is 19.5 Å². The third kappa shape index (κ3) is 5.71. The molecule has 156 valence electrons. The number of ether oxygens (including phenoxy) is 3. The smallest absolute Gasteiger partial charge is 0.241 e. The molecule has 6 heteroatoms. The van der Waals surface area contributed by atoms with Crippen LogP contribution in [0.5, 0.6) is 11.5 Å². The Morgan fingerprint density at radius 3 is 2.41 bits per heavy atom. The summed E-state index contributed by atoms with van der Waals surface area (Å²) in [4.78, 5) is 14.9. The van der Waals surface area contributed by atoms with Gasteiger partial charge in [0.05, 0.1) is 33.0 Å². The van der Waals surface area contributed by atoms with Crippen LogP contribution in [0.15, 0.2) is 48.5 Å². The van der Waals surface area contributed by atoms with Crippen molar-refractivity contribution in [2.45, 2.75) is 38.5 Å². The molecule has 1 N–H and O–H groups in total. The number of methoxy groups -OCH3 is 2. The summed E-state index contributed by atoms with van der Waals surface area (Å²) in [5.74, 6) is 1.20. The maximum Gasteiger partial charge on any atom is 0.241 e. The number of anilines is 1. The van der Waals surface area contributed by atoms with Crippen LogP contribution in [0.3, 0.4) is 0 Å². The van der Waals surface area contributed by atoms with Gasteiger partial charge in [-0.25, -0.2) is 0 Å². The van der Waals surface area contributed by atoms with Crippen LogP contribution in [0.25, 0.3) is 0 Å². The van der Waals surface area contributed by atoms with Gasteiger partial charge in [-0.3, -0.25) is 9.69 Å². The van der Waals surface area contributed by atoms with E-state index in [1.54, 1.807) is 26.4 Å². The molecule has 0 saturated carbocycles. The lowest BCUT2D eigenvalue weighted by molar-refractivity contribution is -0.122. The van der Waals surface area contributed by atoms with Gasteiger partial charge in [0, 0.05) is 24.8 Å². The normalized spacial score (nSPS) is 16.2. The number of hydrogen-bond donors (Lipinski definition) is 1. The second kappa shape index (κ2) is 10.3. The molecular formula is C23H30N2O4. The number of carbonyl (C=O) groups is 1. The molecule has 0 radical (unpaired) electrons. The Hall–Kier alpha value is -2.57. The molecular weight excluding hydrogens is 368 g/mol. The lowest BCUT2D eigenvalue weighted by Gasteiger charge is -2.35. The highest BCUT2D eigenvalue weighted by Crippen LogP contribution is 2.30. The topological polar surface area (TPSA) is 60.0 Å². The predicted octanol–water partition coefficient (Wildman–Crippen LogP) is 3.71. The van der Waals surface area contributed by atoms with E-state index in [1.807, 2.05) is 31.2 Å². The number of piperidine rings is 1. The van der Waals surface area contributed by atoms with Crippen LogP contribution < -0.4 is 14.8 Å². The Balaban J connectivity index is 1.47. The van der Waals surface area contributed by atoms with E-state index < -0.39 is 0 Å². The molecule has 3 rings (SSSR count). The molecule has 6 nitrogen and oxygen atoms in total. The number of nitrogens with zero attached hydrogens (tertiary/aromatic N) is 1. The number of nitrogens with one attached hydrogen (secondary N) is 1. The van der Waals surface area contributed by atoms with Crippen LogP contribution in [0.4, 0.5) is 5.69 Å². The number of benzene rings is 2. The molecule has 1 atom stereocenters. The van der Waals surface area contributed by atoms with E-state index in [0.717, 1.165) is 25.9 Å². The monoisotopic (exact) mass is 398 g/mol. The van der Waals surface area contributed by atoms with Crippen LogP contribution in [0.1, 0.15) is 25.3 Å². The molecule has 29 heavy (non-hydrogen) atoms. The standard InChI is InChI=1S/C23H30N2O4/c1-17(23(26)24-19-9-10-21(27-2)22(15-19)28-3)25-13-11-20(12-14-25)29-16-18-7-5-4-6-8-18/h4-10,15,17,20H,11-14,16H2,1-3H3,(H,24,26)/t17-/m1/s1. The van der Waals surface area contributed by atoms with E-state index in [0.29, 0.717) is 23.8 Å². The Kier molecular flexibility index (Phi) is 7.49. The zero-order valence-electron chi connectivity index (χ0n) is 17.4. The van der Waals surface area contributed by atoms with E-state index in [2.05, 4.69) is 22.3 Å². The maximum absolute atomic E-state index is 12.7. The maximum atomic E-state index is 12.7. The molecule has 1 heterocycles. The van der Waals surface area contributed by atoms with Crippen molar-refractivity contribution in [3.63, 3.8) is 0 Å². The van der Waals surface area contributed by atoms with Crippen LogP contribution in [0.2, 0.25) is 0 Å². The minimum atomic E-state index is -0.210. The summed E-state index contributed by atoms with van der Waals surface area (Å²) in [5, 5.41) is 2.98. The lowest BCUT2D eigenvalue weighted by Crippen LogP contribution is -2.47. The van der Waals surface area contributed by atoms with Gasteiger partial charge >= 0.3 is 0 Å². The summed E-state index contributed by atoms with van der Waals surface area (Å²) in [5.41, 5.74) is 1.89. The van der Waals surface area contributed by atoms with Gasteiger partial charge in [0.15, 0.2) is 11.5 Å². The number of rotatable bonds is 8. The average molecular weight is 399 g/mol. The van der Waals surface area contributed by atoms with Gasteiger partial charge in [-0.05, 0) is 37.5 Å². The van der Waals surface area contributed by atoms with Crippen molar-refractivity contribution in [1.29, 1.82) is 0 Å². The van der Waals surface area contributed by atoms with E-state index >= 15 is 0 Å². The largest absolute Gasteiger partial charge is 0.493 e. The Morgan fingerprint density at radius 1 is 1.07 bits per heavy atom. The fraction of sp³-hybridized carbons (Fsp3) is 0.435. The summed E-state index contributed by atoms with van der Waals surface area (Å²) in [6.07, 6.45) is 2.11. The highest BCUT2D eigenvalue weighted by Gasteiger charge is 2.27. The van der Waals surface area contributed by atoms with Crippen LogP contribution in [-0.4, -0.2) is 50.3 Å². The van der Waals surface area contributed by atoms with Crippen molar-refractivity contribution < 1.29 is 19.0 Å². The first-order valence-corrected chi connectivity index (χ1v) is 10.0. The Bertz CT molecular complexity index is 789. The summed E-state index contributed by atoms with van der Waals surface area (Å²) in [6.45, 7) is 4.28. The Morgan fingerprint density at radius 2 is 1.76 bits per heavy atom. The fourth-order valence-electron chi connectivity index (χ4n) is 3.54. The molecule has 0 spiro atoms. The van der Waals surface area contributed by atoms with Gasteiger partial charge in [-0.2, -0.15) is 0 Å². The minimum Gasteiger partial charge on any atom is -0.493 e. The van der Waals surface area contributed by atoms with Crippen molar-refractivity contribution in [3.05, 3.63) is 54.1 Å². The number of likely N-dealkylation sites (tertiary alicyclic amines) is 1. The molecule has 1 saturated heterocycles. The van der Waals surface area contributed by atoms with Crippen molar-refractivity contribution in [3.8, 4) is 11.5 Å². The first-order valence-electron chi connectivity index (χ1n) is 10.0. The van der Waals surface area contributed by atoms with Crippen molar-refractivity contribution >= 4 is 11.6 Å². The molecule has 0 unspecified atom stereocenters. The molecule has 2 aromatic carbocycles. The highest BCUT2D eigenvalue weighted by atomic mass is 16.5. The zero-order valence-corrected chi connectivity index (χ0v) is 17.4. The van der Waals surface area contributed by atoms with Crippen LogP contribution >= 0.6 is 0 Å². The van der Waals surface area contributed by atoms with Crippen molar-refractivity contribution in [1.82, 2.24) is 4.90 Å². The molecule has 0 aromatic heterocycles. The summed E-state index contributed by atoms with van der Waals surface area (Å²) in [6, 6.07) is 15.4. The van der Waals surface area contributed by atoms with Gasteiger partial charge in [0.2, 0.25) is 5.91 Å². The van der Waals surface area contributed by atoms with Crippen LogP contribution in [-0.2, 0) is 16.1 Å². The Labute approximate surface area is 172 Å². The summed E-state index contributed by atoms with van der Waals surface area (Å²) < 4.78 is 16.6. The third-order valence-corrected chi connectivity index (χ3v) is 5.38. The van der Waals surface area contributed by atoms with Gasteiger partial charge in [-0.15, -0.1) is 0 Å². The number of hydrogen-bond acceptors (Lipinski definition) is 5. The van der Waals surface area contributed by atoms with E-state index in [9.17, 15) is 4.79 Å². The second-order valence-corrected chi connectivity index (χ2v) is 7.27. The quantitative estimate of drug-likeness (QED) is 0.735. The first kappa shape index (κ1) is 21.1. The predicted molar refractivity (Wildman–Crippen MR) is 113 cm³/mol. The van der Waals surface area contributed by atoms with Gasteiger partial charge in [0.25, 0.3) is 0 Å². The first-order chi connectivity index (χ1) is 14.1. The molecule has 1 amide bonds. The fourth-order valence-corrected chi connectivity index (χ4v) is 3.54. The molecule has 2 aromatic rings. The van der Waals surface area contributed by atoms with Gasteiger partial charge in [0.1, 0.15) is 0 Å². The number of carbonyl (C=O) groups excluding carboxylic acids is 1. The molecule has 1 fully saturated rings. The number of amides is 1. The minimum absolute atomic E-state index is 0.0270. The second-order valence-electron chi connectivity index (χ2n) is 7.27. The molecule has 1 aliphatic rings. The average Bonchev–Trinajstić information content (AvgIpc) is 2.78. The van der Waals surface area contributed by atoms with E-state index in [-0.39, 0.29) is 18.1 Å². The lowest BCUT2D eigenvalue weighted by atomic mass is 10.1.